The standard InChI is InChI=1S/C12H19BrN2S/c1-12(4-2-5-14-8-12)9-15-7-11-10(13)3-6-16-11/h3,6,14-15H,2,4-5,7-9H2,1H3. The van der Waals surface area contributed by atoms with Crippen LogP contribution in [0.2, 0.25) is 0 Å². The smallest absolute Gasteiger partial charge is 0.0327 e. The van der Waals surface area contributed by atoms with Crippen molar-refractivity contribution in [1.82, 2.24) is 10.6 Å². The third-order valence-electron chi connectivity index (χ3n) is 3.21. The van der Waals surface area contributed by atoms with E-state index >= 15 is 0 Å². The van der Waals surface area contributed by atoms with Gasteiger partial charge in [-0.05, 0) is 52.2 Å². The van der Waals surface area contributed by atoms with Crippen molar-refractivity contribution in [1.29, 1.82) is 0 Å². The van der Waals surface area contributed by atoms with Crippen LogP contribution in [0, 0.1) is 5.41 Å². The second-order valence-electron chi connectivity index (χ2n) is 4.89. The molecule has 1 unspecified atom stereocenters. The molecule has 16 heavy (non-hydrogen) atoms. The molecule has 0 amide bonds. The second-order valence-corrected chi connectivity index (χ2v) is 6.74. The summed E-state index contributed by atoms with van der Waals surface area (Å²) in [6, 6.07) is 2.12. The van der Waals surface area contributed by atoms with E-state index in [0.29, 0.717) is 5.41 Å². The zero-order valence-electron chi connectivity index (χ0n) is 9.68. The minimum absolute atomic E-state index is 0.433. The number of halogens is 1. The molecule has 2 rings (SSSR count). The van der Waals surface area contributed by atoms with Crippen LogP contribution in [0.1, 0.15) is 24.6 Å². The fourth-order valence-electron chi connectivity index (χ4n) is 2.20. The Bertz CT molecular complexity index is 332. The van der Waals surface area contributed by atoms with Crippen molar-refractivity contribution in [2.24, 2.45) is 5.41 Å². The largest absolute Gasteiger partial charge is 0.316 e. The molecule has 4 heteroatoms. The van der Waals surface area contributed by atoms with Crippen molar-refractivity contribution < 1.29 is 0 Å². The van der Waals surface area contributed by atoms with Gasteiger partial charge in [0.05, 0.1) is 0 Å². The predicted molar refractivity (Wildman–Crippen MR) is 73.9 cm³/mol. The average molecular weight is 303 g/mol. The van der Waals surface area contributed by atoms with Crippen LogP contribution in [0.25, 0.3) is 0 Å². The van der Waals surface area contributed by atoms with Crippen LogP contribution in [0.15, 0.2) is 15.9 Å². The molecule has 1 saturated heterocycles. The van der Waals surface area contributed by atoms with E-state index in [1.54, 1.807) is 0 Å². The van der Waals surface area contributed by atoms with Crippen LogP contribution < -0.4 is 10.6 Å². The Morgan fingerprint density at radius 3 is 3.12 bits per heavy atom. The van der Waals surface area contributed by atoms with Gasteiger partial charge < -0.3 is 10.6 Å². The Labute approximate surface area is 110 Å². The van der Waals surface area contributed by atoms with Crippen LogP contribution in [-0.4, -0.2) is 19.6 Å². The van der Waals surface area contributed by atoms with E-state index in [4.69, 9.17) is 0 Å². The third-order valence-corrected chi connectivity index (χ3v) is 5.14. The quantitative estimate of drug-likeness (QED) is 0.893. The molecular weight excluding hydrogens is 284 g/mol. The first-order valence-electron chi connectivity index (χ1n) is 5.83. The first-order valence-corrected chi connectivity index (χ1v) is 7.50. The van der Waals surface area contributed by atoms with E-state index in [1.807, 2.05) is 11.3 Å². The van der Waals surface area contributed by atoms with Gasteiger partial charge in [0.15, 0.2) is 0 Å². The summed E-state index contributed by atoms with van der Waals surface area (Å²) in [6.45, 7) is 6.78. The molecule has 0 spiro atoms. The maximum atomic E-state index is 3.58. The maximum Gasteiger partial charge on any atom is 0.0327 e. The molecule has 0 saturated carbocycles. The minimum atomic E-state index is 0.433. The monoisotopic (exact) mass is 302 g/mol. The summed E-state index contributed by atoms with van der Waals surface area (Å²) in [5, 5.41) is 9.19. The molecule has 0 aliphatic carbocycles. The van der Waals surface area contributed by atoms with Crippen LogP contribution in [0.3, 0.4) is 0 Å². The second kappa shape index (κ2) is 5.63. The summed E-state index contributed by atoms with van der Waals surface area (Å²) in [4.78, 5) is 1.40. The fraction of sp³-hybridized carbons (Fsp3) is 0.667. The van der Waals surface area contributed by atoms with Crippen molar-refractivity contribution in [3.05, 3.63) is 20.8 Å². The molecule has 1 fully saturated rings. The van der Waals surface area contributed by atoms with Gasteiger partial charge in [-0.15, -0.1) is 11.3 Å². The highest BCUT2D eigenvalue weighted by Gasteiger charge is 2.25. The van der Waals surface area contributed by atoms with Crippen molar-refractivity contribution in [2.75, 3.05) is 19.6 Å². The van der Waals surface area contributed by atoms with Crippen molar-refractivity contribution >= 4 is 27.3 Å². The van der Waals surface area contributed by atoms with E-state index in [0.717, 1.165) is 19.6 Å². The lowest BCUT2D eigenvalue weighted by molar-refractivity contribution is 0.226. The molecule has 90 valence electrons. The number of rotatable bonds is 4. The van der Waals surface area contributed by atoms with Gasteiger partial charge >= 0.3 is 0 Å². The maximum absolute atomic E-state index is 3.58. The Kier molecular flexibility index (Phi) is 4.41. The number of thiophene rings is 1. The molecule has 1 aliphatic heterocycles. The van der Waals surface area contributed by atoms with Crippen LogP contribution in [0.5, 0.6) is 0 Å². The topological polar surface area (TPSA) is 24.1 Å². The minimum Gasteiger partial charge on any atom is -0.316 e. The van der Waals surface area contributed by atoms with Gasteiger partial charge in [0.1, 0.15) is 0 Å². The average Bonchev–Trinajstić information content (AvgIpc) is 2.65. The summed E-state index contributed by atoms with van der Waals surface area (Å²) in [5.41, 5.74) is 0.433. The highest BCUT2D eigenvalue weighted by atomic mass is 79.9. The number of nitrogens with one attached hydrogen (secondary N) is 2. The lowest BCUT2D eigenvalue weighted by atomic mass is 9.83. The number of hydrogen-bond donors (Lipinski definition) is 2. The summed E-state index contributed by atoms with van der Waals surface area (Å²) in [7, 11) is 0. The van der Waals surface area contributed by atoms with Gasteiger partial charge in [0, 0.05) is 29.0 Å². The van der Waals surface area contributed by atoms with Gasteiger partial charge in [-0.1, -0.05) is 6.92 Å². The highest BCUT2D eigenvalue weighted by molar-refractivity contribution is 9.10. The van der Waals surface area contributed by atoms with E-state index in [2.05, 4.69) is 44.9 Å². The Morgan fingerprint density at radius 1 is 1.62 bits per heavy atom. The Hall–Kier alpha value is 0.1000. The summed E-state index contributed by atoms with van der Waals surface area (Å²) < 4.78 is 1.23. The van der Waals surface area contributed by atoms with Gasteiger partial charge in [-0.25, -0.2) is 0 Å². The fourth-order valence-corrected chi connectivity index (χ4v) is 3.66. The summed E-state index contributed by atoms with van der Waals surface area (Å²) >= 11 is 5.37. The number of piperidine rings is 1. The van der Waals surface area contributed by atoms with Gasteiger partial charge in [0.2, 0.25) is 0 Å². The molecule has 0 aromatic carbocycles. The molecule has 2 N–H and O–H groups in total. The predicted octanol–water partition coefficient (Wildman–Crippen LogP) is 2.99. The Balaban J connectivity index is 1.77. The number of hydrogen-bond acceptors (Lipinski definition) is 3. The van der Waals surface area contributed by atoms with E-state index < -0.39 is 0 Å². The molecule has 0 radical (unpaired) electrons. The summed E-state index contributed by atoms with van der Waals surface area (Å²) in [6.07, 6.45) is 2.64. The van der Waals surface area contributed by atoms with Crippen molar-refractivity contribution in [3.63, 3.8) is 0 Å². The lowest BCUT2D eigenvalue weighted by Crippen LogP contribution is -2.44. The molecule has 1 aromatic rings. The Morgan fingerprint density at radius 2 is 2.50 bits per heavy atom. The molecule has 2 heterocycles. The van der Waals surface area contributed by atoms with E-state index in [-0.39, 0.29) is 0 Å². The van der Waals surface area contributed by atoms with Crippen LogP contribution in [0.4, 0.5) is 0 Å². The molecular formula is C12H19BrN2S. The zero-order chi connectivity index (χ0) is 11.4. The first kappa shape index (κ1) is 12.6. The van der Waals surface area contributed by atoms with Gasteiger partial charge in [0.25, 0.3) is 0 Å². The normalized spacial score (nSPS) is 25.9. The molecule has 1 aliphatic rings. The van der Waals surface area contributed by atoms with E-state index in [1.165, 1.54) is 28.7 Å². The van der Waals surface area contributed by atoms with Gasteiger partial charge in [-0.3, -0.25) is 0 Å². The molecule has 2 nitrogen and oxygen atoms in total. The molecule has 1 aromatic heterocycles. The third kappa shape index (κ3) is 3.29. The van der Waals surface area contributed by atoms with Crippen molar-refractivity contribution in [3.8, 4) is 0 Å². The lowest BCUT2D eigenvalue weighted by Gasteiger charge is -2.34. The van der Waals surface area contributed by atoms with Gasteiger partial charge in [-0.2, -0.15) is 0 Å². The van der Waals surface area contributed by atoms with Crippen LogP contribution in [-0.2, 0) is 6.54 Å². The zero-order valence-corrected chi connectivity index (χ0v) is 12.1. The van der Waals surface area contributed by atoms with E-state index in [9.17, 15) is 0 Å². The SMILES string of the molecule is CC1(CNCc2sccc2Br)CCCNC1. The molecule has 1 atom stereocenters. The highest BCUT2D eigenvalue weighted by Crippen LogP contribution is 2.25. The first-order chi connectivity index (χ1) is 7.70. The van der Waals surface area contributed by atoms with Crippen LogP contribution >= 0.6 is 27.3 Å². The molecule has 0 bridgehead atoms. The summed E-state index contributed by atoms with van der Waals surface area (Å²) in [5.74, 6) is 0. The van der Waals surface area contributed by atoms with Crippen molar-refractivity contribution in [2.45, 2.75) is 26.3 Å².